The highest BCUT2D eigenvalue weighted by Crippen LogP contribution is 2.08. The fourth-order valence-electron chi connectivity index (χ4n) is 0.853. The van der Waals surface area contributed by atoms with Gasteiger partial charge in [-0.25, -0.2) is 13.8 Å². The summed E-state index contributed by atoms with van der Waals surface area (Å²) in [6, 6.07) is 3.24. The Bertz CT molecular complexity index is 265. The number of pyridine rings is 1. The van der Waals surface area contributed by atoms with Crippen molar-refractivity contribution in [2.45, 2.75) is 12.8 Å². The quantitative estimate of drug-likeness (QED) is 0.754. The van der Waals surface area contributed by atoms with E-state index in [0.717, 1.165) is 0 Å². The second kappa shape index (κ2) is 4.59. The van der Waals surface area contributed by atoms with E-state index in [4.69, 9.17) is 5.73 Å². The number of hydrogen-bond donors (Lipinski definition) is 2. The average molecular weight is 187 g/mol. The summed E-state index contributed by atoms with van der Waals surface area (Å²) in [5, 5.41) is 2.75. The van der Waals surface area contributed by atoms with Crippen molar-refractivity contribution in [3.05, 3.63) is 18.3 Å². The molecule has 0 aliphatic rings. The lowest BCUT2D eigenvalue weighted by Crippen LogP contribution is -2.07. The molecular weight excluding hydrogens is 176 g/mol. The molecule has 0 fully saturated rings. The number of rotatable bonds is 4. The summed E-state index contributed by atoms with van der Waals surface area (Å²) in [6.07, 6.45) is -0.940. The van der Waals surface area contributed by atoms with Gasteiger partial charge in [-0.15, -0.1) is 0 Å². The molecule has 0 radical (unpaired) electrons. The van der Waals surface area contributed by atoms with Gasteiger partial charge < -0.3 is 11.1 Å². The minimum absolute atomic E-state index is 0.184. The third kappa shape index (κ3) is 3.68. The number of anilines is 2. The molecule has 0 unspecified atom stereocenters. The van der Waals surface area contributed by atoms with E-state index in [1.165, 1.54) is 6.20 Å². The Hall–Kier alpha value is -1.39. The van der Waals surface area contributed by atoms with Crippen LogP contribution in [-0.2, 0) is 0 Å². The fraction of sp³-hybridized carbons (Fsp3) is 0.375. The normalized spacial score (nSPS) is 10.4. The van der Waals surface area contributed by atoms with Crippen LogP contribution in [0.25, 0.3) is 0 Å². The summed E-state index contributed by atoms with van der Waals surface area (Å²) in [5.41, 5.74) is 6.03. The molecule has 0 spiro atoms. The Kier molecular flexibility index (Phi) is 3.42. The molecule has 13 heavy (non-hydrogen) atoms. The standard InChI is InChI=1S/C8H11F2N3/c9-7(10)2-4-13-8-5-6(11)1-3-12-8/h1,3,5,7H,2,4H2,(H3,11,12,13). The van der Waals surface area contributed by atoms with Crippen molar-refractivity contribution in [3.8, 4) is 0 Å². The number of hydrogen-bond acceptors (Lipinski definition) is 3. The molecule has 0 saturated carbocycles. The van der Waals surface area contributed by atoms with Crippen molar-refractivity contribution in [3.63, 3.8) is 0 Å². The molecule has 0 saturated heterocycles. The Morgan fingerprint density at radius 2 is 2.31 bits per heavy atom. The van der Waals surface area contributed by atoms with Gasteiger partial charge in [-0.05, 0) is 6.07 Å². The third-order valence-corrected chi connectivity index (χ3v) is 1.45. The van der Waals surface area contributed by atoms with Crippen LogP contribution >= 0.6 is 0 Å². The van der Waals surface area contributed by atoms with Crippen LogP contribution in [0.4, 0.5) is 20.3 Å². The highest BCUT2D eigenvalue weighted by molar-refractivity contribution is 5.48. The topological polar surface area (TPSA) is 50.9 Å². The molecule has 5 heteroatoms. The Morgan fingerprint density at radius 3 is 2.92 bits per heavy atom. The Morgan fingerprint density at radius 1 is 1.54 bits per heavy atom. The van der Waals surface area contributed by atoms with Crippen LogP contribution in [0.1, 0.15) is 6.42 Å². The third-order valence-electron chi connectivity index (χ3n) is 1.45. The molecule has 0 atom stereocenters. The summed E-state index contributed by atoms with van der Waals surface area (Å²) in [6.45, 7) is 0.203. The monoisotopic (exact) mass is 187 g/mol. The fourth-order valence-corrected chi connectivity index (χ4v) is 0.853. The van der Waals surface area contributed by atoms with E-state index in [1.807, 2.05) is 0 Å². The number of nitrogens with one attached hydrogen (secondary N) is 1. The van der Waals surface area contributed by atoms with Crippen molar-refractivity contribution in [2.24, 2.45) is 0 Å². The molecule has 1 aromatic rings. The van der Waals surface area contributed by atoms with Crippen LogP contribution in [-0.4, -0.2) is 18.0 Å². The molecule has 0 aliphatic heterocycles. The lowest BCUT2D eigenvalue weighted by molar-refractivity contribution is 0.142. The Labute approximate surface area is 75.0 Å². The van der Waals surface area contributed by atoms with Gasteiger partial charge in [0.05, 0.1) is 0 Å². The van der Waals surface area contributed by atoms with E-state index in [0.29, 0.717) is 11.5 Å². The number of nitrogens with zero attached hydrogens (tertiary/aromatic N) is 1. The van der Waals surface area contributed by atoms with Crippen LogP contribution in [0, 0.1) is 0 Å². The minimum atomic E-state index is -2.28. The van der Waals surface area contributed by atoms with Gasteiger partial charge >= 0.3 is 0 Å². The Balaban J connectivity index is 2.37. The highest BCUT2D eigenvalue weighted by Gasteiger charge is 2.01. The largest absolute Gasteiger partial charge is 0.399 e. The number of nitrogen functional groups attached to an aromatic ring is 1. The van der Waals surface area contributed by atoms with Gasteiger partial charge in [0.1, 0.15) is 5.82 Å². The van der Waals surface area contributed by atoms with Crippen molar-refractivity contribution in [1.82, 2.24) is 4.98 Å². The average Bonchev–Trinajstić information content (AvgIpc) is 2.03. The molecule has 1 rings (SSSR count). The zero-order chi connectivity index (χ0) is 9.68. The minimum Gasteiger partial charge on any atom is -0.399 e. The molecular formula is C8H11F2N3. The van der Waals surface area contributed by atoms with Gasteiger partial charge in [0, 0.05) is 30.9 Å². The summed E-state index contributed by atoms with van der Waals surface area (Å²) in [5.74, 6) is 0.528. The molecule has 3 nitrogen and oxygen atoms in total. The van der Waals surface area contributed by atoms with Gasteiger partial charge in [0.15, 0.2) is 0 Å². The van der Waals surface area contributed by atoms with E-state index in [1.54, 1.807) is 12.1 Å². The second-order valence-corrected chi connectivity index (χ2v) is 2.58. The van der Waals surface area contributed by atoms with Crippen molar-refractivity contribution in [1.29, 1.82) is 0 Å². The van der Waals surface area contributed by atoms with Crippen molar-refractivity contribution >= 4 is 11.5 Å². The summed E-state index contributed by atoms with van der Waals surface area (Å²) < 4.78 is 23.5. The zero-order valence-corrected chi connectivity index (χ0v) is 7.00. The first-order chi connectivity index (χ1) is 6.18. The molecule has 1 aromatic heterocycles. The van der Waals surface area contributed by atoms with Gasteiger partial charge in [0.2, 0.25) is 6.43 Å². The van der Waals surface area contributed by atoms with Crippen LogP contribution in [0.2, 0.25) is 0 Å². The van der Waals surface area contributed by atoms with Crippen LogP contribution in [0.15, 0.2) is 18.3 Å². The molecule has 0 aliphatic carbocycles. The number of alkyl halides is 2. The number of aromatic nitrogens is 1. The van der Waals surface area contributed by atoms with Gasteiger partial charge in [0.25, 0.3) is 0 Å². The molecule has 72 valence electrons. The first-order valence-corrected chi connectivity index (χ1v) is 3.92. The number of nitrogens with two attached hydrogens (primary N) is 1. The maximum absolute atomic E-state index is 11.7. The van der Waals surface area contributed by atoms with Crippen LogP contribution in [0.5, 0.6) is 0 Å². The van der Waals surface area contributed by atoms with Crippen molar-refractivity contribution in [2.75, 3.05) is 17.6 Å². The second-order valence-electron chi connectivity index (χ2n) is 2.58. The molecule has 1 heterocycles. The first-order valence-electron chi connectivity index (χ1n) is 3.92. The van der Waals surface area contributed by atoms with E-state index in [-0.39, 0.29) is 13.0 Å². The van der Waals surface area contributed by atoms with Crippen LogP contribution < -0.4 is 11.1 Å². The SMILES string of the molecule is Nc1ccnc(NCCC(F)F)c1. The smallest absolute Gasteiger partial charge is 0.240 e. The highest BCUT2D eigenvalue weighted by atomic mass is 19.3. The predicted molar refractivity (Wildman–Crippen MR) is 47.8 cm³/mol. The van der Waals surface area contributed by atoms with Gasteiger partial charge in [-0.3, -0.25) is 0 Å². The maximum Gasteiger partial charge on any atom is 0.240 e. The van der Waals surface area contributed by atoms with E-state index < -0.39 is 6.43 Å². The lowest BCUT2D eigenvalue weighted by Gasteiger charge is -2.04. The van der Waals surface area contributed by atoms with Gasteiger partial charge in [-0.2, -0.15) is 0 Å². The molecule has 0 amide bonds. The van der Waals surface area contributed by atoms with Gasteiger partial charge in [-0.1, -0.05) is 0 Å². The predicted octanol–water partition coefficient (Wildman–Crippen LogP) is 1.73. The molecule has 3 N–H and O–H groups in total. The lowest BCUT2D eigenvalue weighted by atomic mass is 10.4. The van der Waals surface area contributed by atoms with Crippen molar-refractivity contribution < 1.29 is 8.78 Å². The number of halogens is 2. The molecule has 0 bridgehead atoms. The summed E-state index contributed by atoms with van der Waals surface area (Å²) in [4.78, 5) is 3.90. The maximum atomic E-state index is 11.7. The molecule has 0 aromatic carbocycles. The summed E-state index contributed by atoms with van der Waals surface area (Å²) >= 11 is 0. The van der Waals surface area contributed by atoms with E-state index >= 15 is 0 Å². The first kappa shape index (κ1) is 9.70. The van der Waals surface area contributed by atoms with E-state index in [2.05, 4.69) is 10.3 Å². The van der Waals surface area contributed by atoms with Crippen LogP contribution in [0.3, 0.4) is 0 Å². The summed E-state index contributed by atoms with van der Waals surface area (Å²) in [7, 11) is 0. The van der Waals surface area contributed by atoms with E-state index in [9.17, 15) is 8.78 Å². The zero-order valence-electron chi connectivity index (χ0n) is 7.00.